The standard InChI is InChI=1S/C28H34N7O7P/c29-27(30)33-23-13-11-22(12-14-23)21-26(34-28(36)40-20-19-39-18-17-38-16-15-32-35-31)43(37,41-24-7-3-1-4-8-24)42-25-9-5-2-6-10-25/h1-14,26H,15-21H2,(H,34,36)(H4,29,30,33). The molecule has 14 nitrogen and oxygen atoms in total. The van der Waals surface area contributed by atoms with Crippen LogP contribution in [0.25, 0.3) is 10.4 Å². The average molecular weight is 612 g/mol. The van der Waals surface area contributed by atoms with Gasteiger partial charge in [0.25, 0.3) is 0 Å². The summed E-state index contributed by atoms with van der Waals surface area (Å²) in [6, 6.07) is 23.9. The zero-order chi connectivity index (χ0) is 30.8. The van der Waals surface area contributed by atoms with Crippen LogP contribution in [0.1, 0.15) is 5.56 Å². The van der Waals surface area contributed by atoms with Crippen molar-refractivity contribution >= 4 is 25.3 Å². The van der Waals surface area contributed by atoms with Crippen molar-refractivity contribution in [2.24, 2.45) is 21.6 Å². The number of ether oxygens (including phenoxy) is 3. The molecule has 1 amide bonds. The van der Waals surface area contributed by atoms with Crippen LogP contribution in [0.3, 0.4) is 0 Å². The van der Waals surface area contributed by atoms with E-state index < -0.39 is 19.5 Å². The molecule has 0 spiro atoms. The van der Waals surface area contributed by atoms with Crippen LogP contribution in [0.4, 0.5) is 10.5 Å². The van der Waals surface area contributed by atoms with E-state index in [0.29, 0.717) is 22.7 Å². The van der Waals surface area contributed by atoms with E-state index >= 15 is 0 Å². The highest BCUT2D eigenvalue weighted by Gasteiger charge is 2.41. The number of amides is 1. The van der Waals surface area contributed by atoms with Gasteiger partial charge in [0.1, 0.15) is 18.1 Å². The van der Waals surface area contributed by atoms with Crippen LogP contribution in [-0.4, -0.2) is 57.4 Å². The second kappa shape index (κ2) is 17.9. The molecule has 5 N–H and O–H groups in total. The summed E-state index contributed by atoms with van der Waals surface area (Å²) >= 11 is 0. The van der Waals surface area contributed by atoms with E-state index in [-0.39, 0.29) is 52.0 Å². The number of rotatable bonds is 18. The Bertz CT molecular complexity index is 1340. The minimum Gasteiger partial charge on any atom is -0.447 e. The molecule has 3 aromatic rings. The fourth-order valence-electron chi connectivity index (χ4n) is 3.57. The number of hydrogen-bond acceptors (Lipinski definition) is 9. The summed E-state index contributed by atoms with van der Waals surface area (Å²) in [5.41, 5.74) is 20.4. The number of para-hydroxylation sites is 2. The third-order valence-corrected chi connectivity index (χ3v) is 7.48. The maximum Gasteiger partial charge on any atom is 0.453 e. The fraction of sp³-hybridized carbons (Fsp3) is 0.286. The highest BCUT2D eigenvalue weighted by atomic mass is 31.2. The van der Waals surface area contributed by atoms with Crippen molar-refractivity contribution in [1.29, 1.82) is 0 Å². The van der Waals surface area contributed by atoms with Crippen LogP contribution in [0.15, 0.2) is 95.0 Å². The van der Waals surface area contributed by atoms with E-state index in [2.05, 4.69) is 20.3 Å². The molecule has 228 valence electrons. The fourth-order valence-corrected chi connectivity index (χ4v) is 5.39. The van der Waals surface area contributed by atoms with Gasteiger partial charge in [-0.1, -0.05) is 53.6 Å². The minimum atomic E-state index is -4.15. The lowest BCUT2D eigenvalue weighted by Gasteiger charge is -2.28. The van der Waals surface area contributed by atoms with E-state index in [4.69, 9.17) is 40.3 Å². The van der Waals surface area contributed by atoms with Crippen molar-refractivity contribution in [3.05, 3.63) is 101 Å². The molecule has 0 aromatic heterocycles. The molecule has 1 atom stereocenters. The molecule has 15 heteroatoms. The predicted octanol–water partition coefficient (Wildman–Crippen LogP) is 4.88. The first kappa shape index (κ1) is 32.8. The summed E-state index contributed by atoms with van der Waals surface area (Å²) in [7, 11) is -4.15. The number of benzene rings is 3. The molecule has 0 bridgehead atoms. The minimum absolute atomic E-state index is 0.0534. The van der Waals surface area contributed by atoms with Gasteiger partial charge in [-0.05, 0) is 47.5 Å². The number of azide groups is 1. The molecule has 0 aliphatic heterocycles. The van der Waals surface area contributed by atoms with Gasteiger partial charge < -0.3 is 40.0 Å². The number of carbonyl (C=O) groups excluding carboxylic acids is 1. The van der Waals surface area contributed by atoms with Gasteiger partial charge in [0.15, 0.2) is 11.7 Å². The lowest BCUT2D eigenvalue weighted by molar-refractivity contribution is 0.0299. The molecule has 0 heterocycles. The van der Waals surface area contributed by atoms with Crippen molar-refractivity contribution in [3.63, 3.8) is 0 Å². The summed E-state index contributed by atoms with van der Waals surface area (Å²) in [6.45, 7) is 1.07. The first-order valence-corrected chi connectivity index (χ1v) is 14.9. The van der Waals surface area contributed by atoms with E-state index in [1.54, 1.807) is 84.9 Å². The number of guanidine groups is 1. The largest absolute Gasteiger partial charge is 0.453 e. The van der Waals surface area contributed by atoms with Crippen LogP contribution in [0.2, 0.25) is 0 Å². The Hall–Kier alpha value is -4.74. The molecule has 0 fully saturated rings. The summed E-state index contributed by atoms with van der Waals surface area (Å²) in [5.74, 6) is -0.672. The summed E-state index contributed by atoms with van der Waals surface area (Å²) in [5, 5.41) is 6.03. The van der Waals surface area contributed by atoms with Gasteiger partial charge in [-0.25, -0.2) is 14.4 Å². The van der Waals surface area contributed by atoms with Crippen LogP contribution < -0.4 is 25.8 Å². The molecule has 0 saturated carbocycles. The van der Waals surface area contributed by atoms with Crippen LogP contribution in [0.5, 0.6) is 11.5 Å². The van der Waals surface area contributed by atoms with Gasteiger partial charge in [0, 0.05) is 17.9 Å². The normalized spacial score (nSPS) is 11.4. The Balaban J connectivity index is 1.73. The maximum absolute atomic E-state index is 14.5. The number of carbonyl (C=O) groups is 1. The van der Waals surface area contributed by atoms with Gasteiger partial charge in [-0.15, -0.1) is 0 Å². The molecule has 1 unspecified atom stereocenters. The Labute approximate surface area is 249 Å². The van der Waals surface area contributed by atoms with Gasteiger partial charge in [0.05, 0.1) is 32.1 Å². The van der Waals surface area contributed by atoms with Crippen molar-refractivity contribution < 1.29 is 32.6 Å². The first-order valence-electron chi connectivity index (χ1n) is 13.2. The molecule has 3 aromatic carbocycles. The monoisotopic (exact) mass is 611 g/mol. The first-order chi connectivity index (χ1) is 20.9. The van der Waals surface area contributed by atoms with Gasteiger partial charge >= 0.3 is 13.7 Å². The van der Waals surface area contributed by atoms with Crippen LogP contribution >= 0.6 is 7.60 Å². The predicted molar refractivity (Wildman–Crippen MR) is 161 cm³/mol. The quantitative estimate of drug-likeness (QED) is 0.0340. The lowest BCUT2D eigenvalue weighted by Crippen LogP contribution is -2.39. The van der Waals surface area contributed by atoms with E-state index in [0.717, 1.165) is 0 Å². The summed E-state index contributed by atoms with van der Waals surface area (Å²) < 4.78 is 42.4. The Morgan fingerprint density at radius 3 is 1.95 bits per heavy atom. The Morgan fingerprint density at radius 1 is 0.837 bits per heavy atom. The second-order valence-electron chi connectivity index (χ2n) is 8.73. The highest BCUT2D eigenvalue weighted by molar-refractivity contribution is 7.55. The topological polar surface area (TPSA) is 205 Å². The van der Waals surface area contributed by atoms with Crippen LogP contribution in [0, 0.1) is 0 Å². The Morgan fingerprint density at radius 2 is 1.40 bits per heavy atom. The van der Waals surface area contributed by atoms with Crippen molar-refractivity contribution in [3.8, 4) is 11.5 Å². The van der Waals surface area contributed by atoms with Crippen LogP contribution in [-0.2, 0) is 25.2 Å². The zero-order valence-electron chi connectivity index (χ0n) is 23.4. The number of nitrogens with zero attached hydrogens (tertiary/aromatic N) is 4. The molecule has 3 rings (SSSR count). The highest BCUT2D eigenvalue weighted by Crippen LogP contribution is 2.53. The smallest absolute Gasteiger partial charge is 0.447 e. The van der Waals surface area contributed by atoms with E-state index in [1.165, 1.54) is 0 Å². The molecule has 43 heavy (non-hydrogen) atoms. The number of hydrogen-bond donors (Lipinski definition) is 3. The molecule has 0 radical (unpaired) electrons. The molecular formula is C28H34N7O7P. The molecule has 0 aliphatic rings. The second-order valence-corrected chi connectivity index (χ2v) is 10.8. The molecule has 0 aliphatic carbocycles. The van der Waals surface area contributed by atoms with Gasteiger partial charge in [-0.2, -0.15) is 0 Å². The van der Waals surface area contributed by atoms with Crippen molar-refractivity contribution in [2.45, 2.75) is 12.2 Å². The summed E-state index contributed by atoms with van der Waals surface area (Å²) in [4.78, 5) is 19.5. The maximum atomic E-state index is 14.5. The van der Waals surface area contributed by atoms with E-state index in [9.17, 15) is 9.36 Å². The third kappa shape index (κ3) is 12.3. The Kier molecular flexibility index (Phi) is 13.7. The number of aliphatic imine (C=N–C) groups is 1. The average Bonchev–Trinajstić information content (AvgIpc) is 2.99. The zero-order valence-corrected chi connectivity index (χ0v) is 24.3. The third-order valence-electron chi connectivity index (χ3n) is 5.47. The van der Waals surface area contributed by atoms with Crippen molar-refractivity contribution in [1.82, 2.24) is 5.32 Å². The molecule has 0 saturated heterocycles. The number of nitrogens with two attached hydrogens (primary N) is 2. The van der Waals surface area contributed by atoms with Gasteiger partial charge in [0.2, 0.25) is 0 Å². The summed E-state index contributed by atoms with van der Waals surface area (Å²) in [6.07, 6.45) is -0.789. The van der Waals surface area contributed by atoms with Crippen molar-refractivity contribution in [2.75, 3.05) is 39.6 Å². The number of nitrogens with one attached hydrogen (secondary N) is 1. The SMILES string of the molecule is [N-]=[N+]=NCCOCCOCCOC(=O)NC(Cc1ccc(N=C(N)N)cc1)P(=O)(Oc1ccccc1)Oc1ccccc1. The lowest BCUT2D eigenvalue weighted by atomic mass is 10.1. The van der Waals surface area contributed by atoms with E-state index in [1.807, 2.05) is 0 Å². The van der Waals surface area contributed by atoms with Gasteiger partial charge in [-0.3, -0.25) is 0 Å². The molecular weight excluding hydrogens is 577 g/mol. The number of alkyl carbamates (subject to hydrolysis) is 1.